The van der Waals surface area contributed by atoms with Crippen LogP contribution in [0.4, 0.5) is 23.2 Å². The first-order valence-corrected chi connectivity index (χ1v) is 9.82. The molecule has 33 heavy (non-hydrogen) atoms. The number of carbonyl (C=O) groups is 2. The molecule has 8 nitrogen and oxygen atoms in total. The maximum Gasteiger partial charge on any atom is 0.433 e. The lowest BCUT2D eigenvalue weighted by atomic mass is 9.95. The van der Waals surface area contributed by atoms with Crippen molar-refractivity contribution in [3.63, 3.8) is 0 Å². The first kappa shape index (κ1) is 26.1. The number of ether oxygens (including phenoxy) is 2. The molecule has 1 aromatic carbocycles. The second-order valence-corrected chi connectivity index (χ2v) is 7.19. The molecule has 180 valence electrons. The molecule has 1 heterocycles. The lowest BCUT2D eigenvalue weighted by Gasteiger charge is -2.21. The van der Waals surface area contributed by atoms with E-state index in [0.717, 1.165) is 26.2 Å². The molecule has 0 saturated carbocycles. The number of aliphatic imine (C=N–C) groups is 1. The van der Waals surface area contributed by atoms with Gasteiger partial charge in [0.05, 0.1) is 30.1 Å². The summed E-state index contributed by atoms with van der Waals surface area (Å²) in [6.45, 7) is 4.24. The van der Waals surface area contributed by atoms with Crippen molar-refractivity contribution in [3.05, 3.63) is 40.3 Å². The molecule has 0 saturated heterocycles. The van der Waals surface area contributed by atoms with Gasteiger partial charge in [0, 0.05) is 12.0 Å². The molecule has 1 amide bonds. The third-order valence-corrected chi connectivity index (χ3v) is 4.76. The van der Waals surface area contributed by atoms with Crippen molar-refractivity contribution in [2.75, 3.05) is 18.6 Å². The maximum atomic E-state index is 14.7. The number of carbonyl (C=O) groups excluding carboxylic acids is 2. The molecule has 0 N–H and O–H groups in total. The number of amides is 1. The lowest BCUT2D eigenvalue weighted by Crippen LogP contribution is -2.37. The van der Waals surface area contributed by atoms with Crippen LogP contribution < -0.4 is 4.90 Å². The number of hydrogen-bond donors (Lipinski definition) is 0. The number of hydrogen-bond acceptors (Lipinski definition) is 7. The first-order valence-electron chi connectivity index (χ1n) is 9.44. The largest absolute Gasteiger partial charge is 0.468 e. The third kappa shape index (κ3) is 5.62. The van der Waals surface area contributed by atoms with Crippen LogP contribution in [0.15, 0.2) is 34.1 Å². The Labute approximate surface area is 191 Å². The monoisotopic (exact) mass is 493 g/mol. The van der Waals surface area contributed by atoms with Crippen LogP contribution in [-0.4, -0.2) is 49.6 Å². The van der Waals surface area contributed by atoms with E-state index in [1.165, 1.54) is 6.92 Å². The number of alkyl halides is 3. The Balaban J connectivity index is 2.51. The summed E-state index contributed by atoms with van der Waals surface area (Å²) in [6, 6.07) is 1.05. The van der Waals surface area contributed by atoms with E-state index >= 15 is 0 Å². The number of halogens is 5. The van der Waals surface area contributed by atoms with Crippen LogP contribution in [0.25, 0.3) is 0 Å². The van der Waals surface area contributed by atoms with Crippen molar-refractivity contribution in [2.24, 2.45) is 10.1 Å². The second-order valence-electron chi connectivity index (χ2n) is 6.79. The summed E-state index contributed by atoms with van der Waals surface area (Å²) in [6.07, 6.45) is -4.26. The van der Waals surface area contributed by atoms with Gasteiger partial charge in [-0.3, -0.25) is 4.79 Å². The maximum absolute atomic E-state index is 14.7. The molecule has 1 aliphatic heterocycles. The zero-order valence-corrected chi connectivity index (χ0v) is 18.8. The highest BCUT2D eigenvalue weighted by Crippen LogP contribution is 2.34. The van der Waals surface area contributed by atoms with E-state index in [-0.39, 0.29) is 35.7 Å². The standard InChI is InChI=1S/C20H20ClF4N3O5/c1-5-16(20(23,24)25)26-18(31-4)28(10-29)15-7-11(12(21)8-13(15)22)14-9-19(3,33-27-14)17(30)32-6-2/h5,7-8,10H,6,9H2,1-4H3/b16-5-,26-18?. The topological polar surface area (TPSA) is 89.8 Å². The molecule has 1 unspecified atom stereocenters. The molecule has 0 aromatic heterocycles. The molecule has 0 bridgehead atoms. The molecule has 1 aromatic rings. The van der Waals surface area contributed by atoms with Gasteiger partial charge in [0.1, 0.15) is 11.5 Å². The fourth-order valence-corrected chi connectivity index (χ4v) is 3.08. The predicted molar refractivity (Wildman–Crippen MR) is 111 cm³/mol. The van der Waals surface area contributed by atoms with E-state index in [4.69, 9.17) is 25.9 Å². The van der Waals surface area contributed by atoms with E-state index in [2.05, 4.69) is 10.1 Å². The Kier molecular flexibility index (Phi) is 8.06. The van der Waals surface area contributed by atoms with Gasteiger partial charge < -0.3 is 14.3 Å². The number of oxime groups is 1. The Morgan fingerprint density at radius 2 is 2.09 bits per heavy atom. The molecule has 1 aliphatic rings. The van der Waals surface area contributed by atoms with Crippen molar-refractivity contribution in [1.82, 2.24) is 0 Å². The quantitative estimate of drug-likeness (QED) is 0.193. The fourth-order valence-electron chi connectivity index (χ4n) is 2.82. The summed E-state index contributed by atoms with van der Waals surface area (Å²) in [5, 5.41) is 3.68. The van der Waals surface area contributed by atoms with Gasteiger partial charge in [0.2, 0.25) is 12.0 Å². The number of allylic oxidation sites excluding steroid dienone is 2. The number of anilines is 1. The van der Waals surface area contributed by atoms with Gasteiger partial charge >= 0.3 is 18.2 Å². The summed E-state index contributed by atoms with van der Waals surface area (Å²) < 4.78 is 63.7. The Morgan fingerprint density at radius 3 is 2.61 bits per heavy atom. The molecule has 2 rings (SSSR count). The summed E-state index contributed by atoms with van der Waals surface area (Å²) >= 11 is 6.12. The number of amidine groups is 1. The van der Waals surface area contributed by atoms with E-state index in [9.17, 15) is 27.2 Å². The lowest BCUT2D eigenvalue weighted by molar-refractivity contribution is -0.166. The summed E-state index contributed by atoms with van der Waals surface area (Å²) in [5.41, 5.74) is -3.14. The van der Waals surface area contributed by atoms with Gasteiger partial charge in [-0.15, -0.1) is 0 Å². The van der Waals surface area contributed by atoms with Crippen molar-refractivity contribution in [3.8, 4) is 0 Å². The minimum absolute atomic E-state index is 0.0256. The van der Waals surface area contributed by atoms with Gasteiger partial charge in [0.15, 0.2) is 0 Å². The smallest absolute Gasteiger partial charge is 0.433 e. The van der Waals surface area contributed by atoms with Crippen molar-refractivity contribution < 1.29 is 41.5 Å². The normalized spacial score (nSPS) is 19.0. The van der Waals surface area contributed by atoms with Gasteiger partial charge in [-0.2, -0.15) is 18.2 Å². The average molecular weight is 494 g/mol. The molecular weight excluding hydrogens is 474 g/mol. The number of rotatable bonds is 6. The zero-order valence-electron chi connectivity index (χ0n) is 18.0. The predicted octanol–water partition coefficient (Wildman–Crippen LogP) is 4.36. The minimum Gasteiger partial charge on any atom is -0.468 e. The minimum atomic E-state index is -4.84. The van der Waals surface area contributed by atoms with Crippen LogP contribution in [0.2, 0.25) is 5.02 Å². The van der Waals surface area contributed by atoms with Crippen LogP contribution in [0.1, 0.15) is 32.8 Å². The molecular formula is C20H20ClF4N3O5. The van der Waals surface area contributed by atoms with E-state index in [1.54, 1.807) is 6.92 Å². The van der Waals surface area contributed by atoms with E-state index in [1.807, 2.05) is 0 Å². The Bertz CT molecular complexity index is 1030. The molecule has 0 fully saturated rings. The van der Waals surface area contributed by atoms with Gasteiger partial charge in [-0.25, -0.2) is 14.1 Å². The van der Waals surface area contributed by atoms with Crippen molar-refractivity contribution in [2.45, 2.75) is 39.0 Å². The highest BCUT2D eigenvalue weighted by molar-refractivity contribution is 6.34. The zero-order chi connectivity index (χ0) is 25.0. The summed E-state index contributed by atoms with van der Waals surface area (Å²) in [5.74, 6) is -1.74. The fraction of sp³-hybridized carbons (Fsp3) is 0.400. The van der Waals surface area contributed by atoms with Gasteiger partial charge in [-0.1, -0.05) is 22.8 Å². The number of esters is 1. The van der Waals surface area contributed by atoms with Crippen molar-refractivity contribution in [1.29, 1.82) is 0 Å². The Hall–Kier alpha value is -3.15. The van der Waals surface area contributed by atoms with Crippen LogP contribution >= 0.6 is 11.6 Å². The summed E-state index contributed by atoms with van der Waals surface area (Å²) in [4.78, 5) is 32.8. The molecule has 0 aliphatic carbocycles. The van der Waals surface area contributed by atoms with Crippen LogP contribution in [-0.2, 0) is 23.9 Å². The average Bonchev–Trinajstić information content (AvgIpc) is 3.14. The number of benzene rings is 1. The SMILES string of the molecule is C/C=C(\N=C(OC)N(C=O)c1cc(C2=NOC(C)(C(=O)OCC)C2)c(Cl)cc1F)C(F)(F)F. The van der Waals surface area contributed by atoms with Crippen molar-refractivity contribution >= 4 is 41.4 Å². The second kappa shape index (κ2) is 10.2. The van der Waals surface area contributed by atoms with Crippen LogP contribution in [0.3, 0.4) is 0 Å². The van der Waals surface area contributed by atoms with Gasteiger partial charge in [0.25, 0.3) is 0 Å². The molecule has 1 atom stereocenters. The van der Waals surface area contributed by atoms with Gasteiger partial charge in [-0.05, 0) is 32.9 Å². The third-order valence-electron chi connectivity index (χ3n) is 4.45. The van der Waals surface area contributed by atoms with Crippen LogP contribution in [0, 0.1) is 5.82 Å². The highest BCUT2D eigenvalue weighted by Gasteiger charge is 2.44. The Morgan fingerprint density at radius 1 is 1.42 bits per heavy atom. The molecule has 13 heteroatoms. The number of nitrogens with zero attached hydrogens (tertiary/aromatic N) is 3. The highest BCUT2D eigenvalue weighted by atomic mass is 35.5. The first-order chi connectivity index (χ1) is 15.4. The van der Waals surface area contributed by atoms with E-state index in [0.29, 0.717) is 11.0 Å². The summed E-state index contributed by atoms with van der Waals surface area (Å²) in [7, 11) is 0.966. The molecule has 0 radical (unpaired) electrons. The number of methoxy groups -OCH3 is 1. The van der Waals surface area contributed by atoms with Crippen LogP contribution in [0.5, 0.6) is 0 Å². The van der Waals surface area contributed by atoms with E-state index < -0.39 is 41.0 Å². The molecule has 0 spiro atoms.